The van der Waals surface area contributed by atoms with Crippen LogP contribution in [0.3, 0.4) is 0 Å². The quantitative estimate of drug-likeness (QED) is 0.921. The van der Waals surface area contributed by atoms with Crippen molar-refractivity contribution in [2.45, 2.75) is 51.1 Å². The fourth-order valence-corrected chi connectivity index (χ4v) is 3.80. The summed E-state index contributed by atoms with van der Waals surface area (Å²) in [6.07, 6.45) is 5.25. The first-order valence-electron chi connectivity index (χ1n) is 8.54. The Morgan fingerprint density at radius 3 is 2.48 bits per heavy atom. The van der Waals surface area contributed by atoms with E-state index in [1.54, 1.807) is 0 Å². The first-order valence-corrected chi connectivity index (χ1v) is 8.54. The summed E-state index contributed by atoms with van der Waals surface area (Å²) in [5.41, 5.74) is 0.600. The standard InChI is InChI=1S/C18H24F2N2O/c1-12(14-8-15(19)10-16(20)9-14)21-17-6-7-22(11-17)18(23)13-4-2-3-5-13/h8-10,12-13,17,21H,2-7,11H2,1H3/t12-,17+/m0/s1. The number of halogens is 2. The van der Waals surface area contributed by atoms with Gasteiger partial charge >= 0.3 is 0 Å². The lowest BCUT2D eigenvalue weighted by molar-refractivity contribution is -0.134. The zero-order valence-electron chi connectivity index (χ0n) is 13.5. The summed E-state index contributed by atoms with van der Waals surface area (Å²) in [6, 6.07) is 3.63. The van der Waals surface area contributed by atoms with Gasteiger partial charge in [-0.2, -0.15) is 0 Å². The summed E-state index contributed by atoms with van der Waals surface area (Å²) in [6.45, 7) is 3.37. The number of carbonyl (C=O) groups excluding carboxylic acids is 1. The summed E-state index contributed by atoms with van der Waals surface area (Å²) >= 11 is 0. The van der Waals surface area contributed by atoms with Gasteiger partial charge < -0.3 is 10.2 Å². The van der Waals surface area contributed by atoms with Gasteiger partial charge in [0.15, 0.2) is 0 Å². The molecule has 5 heteroatoms. The van der Waals surface area contributed by atoms with Gasteiger partial charge in [0, 0.05) is 37.2 Å². The molecule has 126 valence electrons. The predicted molar refractivity (Wildman–Crippen MR) is 84.9 cm³/mol. The molecule has 23 heavy (non-hydrogen) atoms. The maximum atomic E-state index is 13.3. The van der Waals surface area contributed by atoms with E-state index in [9.17, 15) is 13.6 Å². The molecule has 2 atom stereocenters. The van der Waals surface area contributed by atoms with E-state index in [-0.39, 0.29) is 23.9 Å². The Balaban J connectivity index is 1.55. The van der Waals surface area contributed by atoms with E-state index in [4.69, 9.17) is 0 Å². The SMILES string of the molecule is C[C@H](N[C@@H]1CCN(C(=O)C2CCCC2)C1)c1cc(F)cc(F)c1. The van der Waals surface area contributed by atoms with Crippen molar-refractivity contribution < 1.29 is 13.6 Å². The minimum Gasteiger partial charge on any atom is -0.341 e. The predicted octanol–water partition coefficient (Wildman–Crippen LogP) is 3.41. The van der Waals surface area contributed by atoms with E-state index in [0.29, 0.717) is 12.1 Å². The number of carbonyl (C=O) groups is 1. The summed E-state index contributed by atoms with van der Waals surface area (Å²) in [5.74, 6) is -0.615. The Hall–Kier alpha value is -1.49. The molecule has 2 fully saturated rings. The first-order chi connectivity index (χ1) is 11.0. The highest BCUT2D eigenvalue weighted by Gasteiger charge is 2.32. The van der Waals surface area contributed by atoms with Crippen LogP contribution in [-0.4, -0.2) is 29.9 Å². The van der Waals surface area contributed by atoms with Crippen molar-refractivity contribution >= 4 is 5.91 Å². The van der Waals surface area contributed by atoms with E-state index < -0.39 is 11.6 Å². The number of rotatable bonds is 4. The zero-order valence-corrected chi connectivity index (χ0v) is 13.5. The van der Waals surface area contributed by atoms with Gasteiger partial charge in [-0.15, -0.1) is 0 Å². The van der Waals surface area contributed by atoms with Crippen molar-refractivity contribution in [3.05, 3.63) is 35.4 Å². The van der Waals surface area contributed by atoms with Crippen molar-refractivity contribution in [3.63, 3.8) is 0 Å². The number of likely N-dealkylation sites (tertiary alicyclic amines) is 1. The molecule has 3 rings (SSSR count). The topological polar surface area (TPSA) is 32.3 Å². The average molecular weight is 322 g/mol. The molecule has 1 saturated carbocycles. The lowest BCUT2D eigenvalue weighted by Gasteiger charge is -2.22. The Bertz CT molecular complexity index is 552. The molecule has 1 N–H and O–H groups in total. The number of benzene rings is 1. The number of nitrogens with one attached hydrogen (secondary N) is 1. The van der Waals surface area contributed by atoms with Crippen LogP contribution < -0.4 is 5.32 Å². The molecule has 1 aliphatic carbocycles. The molecule has 1 heterocycles. The summed E-state index contributed by atoms with van der Waals surface area (Å²) in [7, 11) is 0. The fraction of sp³-hybridized carbons (Fsp3) is 0.611. The van der Waals surface area contributed by atoms with Crippen LogP contribution in [0, 0.1) is 17.6 Å². The van der Waals surface area contributed by atoms with E-state index in [0.717, 1.165) is 44.7 Å². The first kappa shape index (κ1) is 16.4. The highest BCUT2D eigenvalue weighted by atomic mass is 19.1. The smallest absolute Gasteiger partial charge is 0.225 e. The van der Waals surface area contributed by atoms with Gasteiger partial charge in [-0.25, -0.2) is 8.78 Å². The van der Waals surface area contributed by atoms with Crippen LogP contribution >= 0.6 is 0 Å². The zero-order chi connectivity index (χ0) is 16.4. The van der Waals surface area contributed by atoms with Crippen LogP contribution in [0.4, 0.5) is 8.78 Å². The monoisotopic (exact) mass is 322 g/mol. The maximum Gasteiger partial charge on any atom is 0.225 e. The molecule has 0 aromatic heterocycles. The molecule has 0 unspecified atom stereocenters. The molecule has 2 aliphatic rings. The Kier molecular flexibility index (Phi) is 4.95. The molecule has 1 aromatic carbocycles. The molecule has 1 amide bonds. The normalized spacial score (nSPS) is 23.4. The number of hydrogen-bond donors (Lipinski definition) is 1. The van der Waals surface area contributed by atoms with Gasteiger partial charge in [-0.1, -0.05) is 12.8 Å². The van der Waals surface area contributed by atoms with E-state index in [1.807, 2.05) is 11.8 Å². The molecular weight excluding hydrogens is 298 g/mol. The molecule has 0 spiro atoms. The van der Waals surface area contributed by atoms with Crippen molar-refractivity contribution in [3.8, 4) is 0 Å². The van der Waals surface area contributed by atoms with Crippen LogP contribution in [0.1, 0.15) is 50.6 Å². The molecule has 0 radical (unpaired) electrons. The third kappa shape index (κ3) is 3.89. The average Bonchev–Trinajstić information content (AvgIpc) is 3.17. The molecule has 3 nitrogen and oxygen atoms in total. The summed E-state index contributed by atoms with van der Waals surface area (Å²) in [5, 5.41) is 3.40. The van der Waals surface area contributed by atoms with Gasteiger partial charge in [-0.3, -0.25) is 4.79 Å². The lowest BCUT2D eigenvalue weighted by atomic mass is 10.1. The van der Waals surface area contributed by atoms with Gasteiger partial charge in [0.25, 0.3) is 0 Å². The fourth-order valence-electron chi connectivity index (χ4n) is 3.80. The maximum absolute atomic E-state index is 13.3. The van der Waals surface area contributed by atoms with E-state index >= 15 is 0 Å². The second kappa shape index (κ2) is 6.95. The van der Waals surface area contributed by atoms with E-state index in [1.165, 1.54) is 12.1 Å². The minimum atomic E-state index is -0.557. The Morgan fingerprint density at radius 1 is 1.17 bits per heavy atom. The van der Waals surface area contributed by atoms with Gasteiger partial charge in [0.05, 0.1) is 0 Å². The van der Waals surface area contributed by atoms with Crippen LogP contribution in [0.25, 0.3) is 0 Å². The second-order valence-electron chi connectivity index (χ2n) is 6.84. The third-order valence-electron chi connectivity index (χ3n) is 5.07. The van der Waals surface area contributed by atoms with Crippen LogP contribution in [0.5, 0.6) is 0 Å². The minimum absolute atomic E-state index is 0.147. The number of amides is 1. The van der Waals surface area contributed by atoms with Gasteiger partial charge in [0.2, 0.25) is 5.91 Å². The van der Waals surface area contributed by atoms with Crippen LogP contribution in [0.2, 0.25) is 0 Å². The van der Waals surface area contributed by atoms with Gasteiger partial charge in [-0.05, 0) is 43.9 Å². The second-order valence-corrected chi connectivity index (χ2v) is 6.84. The van der Waals surface area contributed by atoms with Crippen molar-refractivity contribution in [2.75, 3.05) is 13.1 Å². The van der Waals surface area contributed by atoms with Gasteiger partial charge in [0.1, 0.15) is 11.6 Å². The number of hydrogen-bond acceptors (Lipinski definition) is 2. The Morgan fingerprint density at radius 2 is 1.83 bits per heavy atom. The van der Waals surface area contributed by atoms with Crippen molar-refractivity contribution in [1.82, 2.24) is 10.2 Å². The van der Waals surface area contributed by atoms with Crippen molar-refractivity contribution in [1.29, 1.82) is 0 Å². The highest BCUT2D eigenvalue weighted by molar-refractivity contribution is 5.79. The molecular formula is C18H24F2N2O. The molecule has 1 saturated heterocycles. The van der Waals surface area contributed by atoms with Crippen molar-refractivity contribution in [2.24, 2.45) is 5.92 Å². The van der Waals surface area contributed by atoms with Crippen LogP contribution in [0.15, 0.2) is 18.2 Å². The van der Waals surface area contributed by atoms with Crippen LogP contribution in [-0.2, 0) is 4.79 Å². The summed E-state index contributed by atoms with van der Waals surface area (Å²) < 4.78 is 26.6. The lowest BCUT2D eigenvalue weighted by Crippen LogP contribution is -2.38. The molecule has 0 bridgehead atoms. The largest absolute Gasteiger partial charge is 0.341 e. The third-order valence-corrected chi connectivity index (χ3v) is 5.07. The van der Waals surface area contributed by atoms with E-state index in [2.05, 4.69) is 5.32 Å². The summed E-state index contributed by atoms with van der Waals surface area (Å²) in [4.78, 5) is 14.4. The molecule has 1 aliphatic heterocycles. The Labute approximate surface area is 136 Å². The highest BCUT2D eigenvalue weighted by Crippen LogP contribution is 2.28. The molecule has 1 aromatic rings. The number of nitrogens with zero attached hydrogens (tertiary/aromatic N) is 1.